The van der Waals surface area contributed by atoms with Crippen LogP contribution in [0.25, 0.3) is 10.9 Å². The number of carboxylic acids is 1. The van der Waals surface area contributed by atoms with E-state index in [-0.39, 0.29) is 12.3 Å². The molecule has 1 heterocycles. The molecule has 0 saturated heterocycles. The quantitative estimate of drug-likeness (QED) is 0.792. The second-order valence-electron chi connectivity index (χ2n) is 5.52. The van der Waals surface area contributed by atoms with Crippen LogP contribution in [0.4, 0.5) is 0 Å². The second kappa shape index (κ2) is 5.18. The molecule has 1 aromatic heterocycles. The van der Waals surface area contributed by atoms with Crippen molar-refractivity contribution in [1.29, 1.82) is 0 Å². The molecule has 0 unspecified atom stereocenters. The van der Waals surface area contributed by atoms with E-state index in [1.807, 2.05) is 18.2 Å². The van der Waals surface area contributed by atoms with Gasteiger partial charge in [-0.2, -0.15) is 0 Å². The number of carbonyl (C=O) groups is 2. The molecule has 1 saturated carbocycles. The van der Waals surface area contributed by atoms with Crippen molar-refractivity contribution in [3.63, 3.8) is 0 Å². The zero-order valence-corrected chi connectivity index (χ0v) is 12.9. The molecule has 110 valence electrons. The van der Waals surface area contributed by atoms with Crippen molar-refractivity contribution in [1.82, 2.24) is 10.3 Å². The largest absolute Gasteiger partial charge is 0.481 e. The second-order valence-corrected chi connectivity index (χ2v) is 6.38. The number of aliphatic carboxylic acids is 1. The van der Waals surface area contributed by atoms with Gasteiger partial charge in [0, 0.05) is 21.6 Å². The minimum absolute atomic E-state index is 0.0255. The van der Waals surface area contributed by atoms with E-state index in [1.165, 1.54) is 0 Å². The highest BCUT2D eigenvalue weighted by Crippen LogP contribution is 2.36. The molecule has 2 aromatic rings. The van der Waals surface area contributed by atoms with Gasteiger partial charge in [-0.05, 0) is 31.4 Å². The van der Waals surface area contributed by atoms with Crippen molar-refractivity contribution in [3.05, 3.63) is 34.4 Å². The van der Waals surface area contributed by atoms with E-state index in [9.17, 15) is 9.59 Å². The Labute approximate surface area is 129 Å². The van der Waals surface area contributed by atoms with Gasteiger partial charge >= 0.3 is 5.97 Å². The first-order valence-electron chi connectivity index (χ1n) is 6.81. The van der Waals surface area contributed by atoms with Crippen molar-refractivity contribution in [2.45, 2.75) is 31.2 Å². The maximum Gasteiger partial charge on any atom is 0.305 e. The molecule has 0 radical (unpaired) electrons. The number of H-pyrrole nitrogens is 1. The monoisotopic (exact) mass is 350 g/mol. The number of hydrogen-bond acceptors (Lipinski definition) is 2. The van der Waals surface area contributed by atoms with Crippen molar-refractivity contribution in [3.8, 4) is 0 Å². The predicted octanol–water partition coefficient (Wildman–Crippen LogP) is 3.06. The summed E-state index contributed by atoms with van der Waals surface area (Å²) in [5.74, 6) is -1.11. The standard InChI is InChI=1S/C15H15BrN2O3/c16-10-3-1-4-11-13(10)9(8-17-11)14(21)18-15(5-2-6-15)7-12(19)20/h1,3-4,8,17H,2,5-7H2,(H,18,21)(H,19,20). The summed E-state index contributed by atoms with van der Waals surface area (Å²) in [5, 5.41) is 12.8. The Morgan fingerprint density at radius 3 is 2.76 bits per heavy atom. The Hall–Kier alpha value is -1.82. The van der Waals surface area contributed by atoms with Crippen LogP contribution in [0, 0.1) is 0 Å². The molecule has 1 aliphatic carbocycles. The van der Waals surface area contributed by atoms with Crippen molar-refractivity contribution >= 4 is 38.7 Å². The van der Waals surface area contributed by atoms with Crippen LogP contribution < -0.4 is 5.32 Å². The van der Waals surface area contributed by atoms with E-state index >= 15 is 0 Å². The van der Waals surface area contributed by atoms with Gasteiger partial charge in [-0.1, -0.05) is 22.0 Å². The van der Waals surface area contributed by atoms with E-state index < -0.39 is 11.5 Å². The molecular weight excluding hydrogens is 336 g/mol. The lowest BCUT2D eigenvalue weighted by molar-refractivity contribution is -0.139. The van der Waals surface area contributed by atoms with E-state index in [1.54, 1.807) is 6.20 Å². The maximum absolute atomic E-state index is 12.5. The first kappa shape index (κ1) is 14.1. The topological polar surface area (TPSA) is 82.2 Å². The third kappa shape index (κ3) is 2.55. The normalized spacial score (nSPS) is 16.4. The van der Waals surface area contributed by atoms with Crippen LogP contribution in [0.3, 0.4) is 0 Å². The number of benzene rings is 1. The summed E-state index contributed by atoms with van der Waals surface area (Å²) in [6.07, 6.45) is 4.02. The Bertz CT molecular complexity index is 719. The van der Waals surface area contributed by atoms with Crippen LogP contribution in [0.5, 0.6) is 0 Å². The van der Waals surface area contributed by atoms with Crippen LogP contribution >= 0.6 is 15.9 Å². The van der Waals surface area contributed by atoms with Gasteiger partial charge < -0.3 is 15.4 Å². The van der Waals surface area contributed by atoms with Crippen LogP contribution in [-0.2, 0) is 4.79 Å². The zero-order valence-electron chi connectivity index (χ0n) is 11.3. The third-order valence-electron chi connectivity index (χ3n) is 4.08. The fourth-order valence-corrected chi connectivity index (χ4v) is 3.45. The summed E-state index contributed by atoms with van der Waals surface area (Å²) in [7, 11) is 0. The molecule has 6 heteroatoms. The number of fused-ring (bicyclic) bond motifs is 1. The number of halogens is 1. The number of aromatic amines is 1. The maximum atomic E-state index is 12.5. The molecule has 0 bridgehead atoms. The number of carboxylic acid groups (broad SMARTS) is 1. The molecule has 1 fully saturated rings. The highest BCUT2D eigenvalue weighted by atomic mass is 79.9. The Balaban J connectivity index is 1.89. The van der Waals surface area contributed by atoms with Gasteiger partial charge in [0.1, 0.15) is 0 Å². The summed E-state index contributed by atoms with van der Waals surface area (Å²) in [6, 6.07) is 5.67. The molecule has 0 spiro atoms. The van der Waals surface area contributed by atoms with E-state index in [2.05, 4.69) is 26.2 Å². The number of rotatable bonds is 4. The van der Waals surface area contributed by atoms with Gasteiger partial charge in [-0.25, -0.2) is 0 Å². The number of carbonyl (C=O) groups excluding carboxylic acids is 1. The molecule has 1 amide bonds. The van der Waals surface area contributed by atoms with Crippen molar-refractivity contribution in [2.75, 3.05) is 0 Å². The van der Waals surface area contributed by atoms with Gasteiger partial charge in [0.2, 0.25) is 0 Å². The van der Waals surface area contributed by atoms with E-state index in [0.29, 0.717) is 18.4 Å². The molecule has 3 N–H and O–H groups in total. The third-order valence-corrected chi connectivity index (χ3v) is 4.74. The van der Waals surface area contributed by atoms with Gasteiger partial charge in [-0.15, -0.1) is 0 Å². The Morgan fingerprint density at radius 2 is 2.14 bits per heavy atom. The average molecular weight is 351 g/mol. The van der Waals surface area contributed by atoms with Crippen LogP contribution in [0.1, 0.15) is 36.0 Å². The van der Waals surface area contributed by atoms with E-state index in [0.717, 1.165) is 21.8 Å². The van der Waals surface area contributed by atoms with Crippen LogP contribution in [0.15, 0.2) is 28.9 Å². The van der Waals surface area contributed by atoms with Crippen molar-refractivity contribution < 1.29 is 14.7 Å². The first-order chi connectivity index (χ1) is 10.0. The lowest BCUT2D eigenvalue weighted by Gasteiger charge is -2.41. The number of aromatic nitrogens is 1. The highest BCUT2D eigenvalue weighted by Gasteiger charge is 2.40. The molecule has 1 aliphatic rings. The fraction of sp³-hybridized carbons (Fsp3) is 0.333. The van der Waals surface area contributed by atoms with Crippen LogP contribution in [0.2, 0.25) is 0 Å². The minimum atomic E-state index is -0.880. The summed E-state index contributed by atoms with van der Waals surface area (Å²) < 4.78 is 0.840. The molecule has 0 aliphatic heterocycles. The van der Waals surface area contributed by atoms with E-state index in [4.69, 9.17) is 5.11 Å². The zero-order chi connectivity index (χ0) is 15.0. The fourth-order valence-electron chi connectivity index (χ4n) is 2.87. The number of hydrogen-bond donors (Lipinski definition) is 3. The number of nitrogens with one attached hydrogen (secondary N) is 2. The summed E-state index contributed by atoms with van der Waals surface area (Å²) in [4.78, 5) is 26.6. The number of amides is 1. The smallest absolute Gasteiger partial charge is 0.305 e. The summed E-state index contributed by atoms with van der Waals surface area (Å²) >= 11 is 3.45. The average Bonchev–Trinajstić information content (AvgIpc) is 2.81. The predicted molar refractivity (Wildman–Crippen MR) is 82.3 cm³/mol. The molecule has 21 heavy (non-hydrogen) atoms. The van der Waals surface area contributed by atoms with Crippen molar-refractivity contribution in [2.24, 2.45) is 0 Å². The first-order valence-corrected chi connectivity index (χ1v) is 7.60. The molecule has 5 nitrogen and oxygen atoms in total. The Kier molecular flexibility index (Phi) is 3.49. The summed E-state index contributed by atoms with van der Waals surface area (Å²) in [5.41, 5.74) is 0.817. The molecule has 1 aromatic carbocycles. The molecule has 0 atom stereocenters. The summed E-state index contributed by atoms with van der Waals surface area (Å²) in [6.45, 7) is 0. The van der Waals surface area contributed by atoms with Gasteiger partial charge in [-0.3, -0.25) is 9.59 Å². The lowest BCUT2D eigenvalue weighted by Crippen LogP contribution is -2.54. The SMILES string of the molecule is O=C(O)CC1(NC(=O)c2c[nH]c3cccc(Br)c23)CCC1. The van der Waals surface area contributed by atoms with Crippen LogP contribution in [-0.4, -0.2) is 27.5 Å². The molecule has 3 rings (SSSR count). The van der Waals surface area contributed by atoms with Gasteiger partial charge in [0.05, 0.1) is 17.5 Å². The molecular formula is C15H15BrN2O3. The van der Waals surface area contributed by atoms with Gasteiger partial charge in [0.15, 0.2) is 0 Å². The lowest BCUT2D eigenvalue weighted by atomic mass is 9.74. The van der Waals surface area contributed by atoms with Gasteiger partial charge in [0.25, 0.3) is 5.91 Å². The highest BCUT2D eigenvalue weighted by molar-refractivity contribution is 9.10. The Morgan fingerprint density at radius 1 is 1.38 bits per heavy atom. The minimum Gasteiger partial charge on any atom is -0.481 e.